The molecule has 3 aromatic heterocycles. The Bertz CT molecular complexity index is 1190. The number of fused-ring (bicyclic) bond motifs is 1. The molecule has 1 N–H and O–H groups in total. The van der Waals surface area contributed by atoms with E-state index in [9.17, 15) is 19.2 Å². The maximum atomic E-state index is 12.6. The van der Waals surface area contributed by atoms with Gasteiger partial charge >= 0.3 is 5.69 Å². The van der Waals surface area contributed by atoms with Crippen molar-refractivity contribution in [2.45, 2.75) is 13.1 Å². The Kier molecular flexibility index (Phi) is 5.59. The number of amides is 2. The molecule has 0 unspecified atom stereocenters. The SMILES string of the molecule is CN(CC(=O)NCc1ccco1)C(=O)Cn1c(Cl)nc2c1c(=O)n(C)c(=O)n2C. The van der Waals surface area contributed by atoms with Gasteiger partial charge in [0.2, 0.25) is 17.1 Å². The maximum Gasteiger partial charge on any atom is 0.332 e. The Labute approximate surface area is 169 Å². The summed E-state index contributed by atoms with van der Waals surface area (Å²) < 4.78 is 8.43. The molecule has 3 aromatic rings. The molecule has 29 heavy (non-hydrogen) atoms. The van der Waals surface area contributed by atoms with Crippen LogP contribution in [0.2, 0.25) is 5.28 Å². The van der Waals surface area contributed by atoms with Gasteiger partial charge in [0.05, 0.1) is 19.4 Å². The Hall–Kier alpha value is -3.34. The first-order valence-electron chi connectivity index (χ1n) is 8.55. The summed E-state index contributed by atoms with van der Waals surface area (Å²) in [5.74, 6) is -0.252. The van der Waals surface area contributed by atoms with Crippen LogP contribution in [0.3, 0.4) is 0 Å². The molecule has 0 aliphatic carbocycles. The molecule has 0 aliphatic rings. The van der Waals surface area contributed by atoms with Crippen molar-refractivity contribution >= 4 is 34.6 Å². The summed E-state index contributed by atoms with van der Waals surface area (Å²) in [6.45, 7) is -0.305. The zero-order valence-corrected chi connectivity index (χ0v) is 16.8. The zero-order chi connectivity index (χ0) is 21.3. The first-order chi connectivity index (χ1) is 13.7. The second-order valence-electron chi connectivity index (χ2n) is 6.45. The lowest BCUT2D eigenvalue weighted by atomic mass is 10.4. The highest BCUT2D eigenvalue weighted by Gasteiger charge is 2.21. The van der Waals surface area contributed by atoms with E-state index in [-0.39, 0.29) is 42.0 Å². The molecular weight excluding hydrogens is 404 g/mol. The van der Waals surface area contributed by atoms with Crippen LogP contribution >= 0.6 is 11.6 Å². The van der Waals surface area contributed by atoms with E-state index in [0.717, 1.165) is 4.57 Å². The minimum Gasteiger partial charge on any atom is -0.467 e. The second kappa shape index (κ2) is 7.95. The van der Waals surface area contributed by atoms with Crippen LogP contribution in [0.25, 0.3) is 11.2 Å². The van der Waals surface area contributed by atoms with Crippen molar-refractivity contribution in [1.82, 2.24) is 28.9 Å². The van der Waals surface area contributed by atoms with Crippen LogP contribution in [-0.4, -0.2) is 49.0 Å². The van der Waals surface area contributed by atoms with Crippen molar-refractivity contribution in [3.05, 3.63) is 50.3 Å². The largest absolute Gasteiger partial charge is 0.467 e. The predicted octanol–water partition coefficient (Wildman–Crippen LogP) is -0.545. The predicted molar refractivity (Wildman–Crippen MR) is 103 cm³/mol. The molecule has 3 rings (SSSR count). The van der Waals surface area contributed by atoms with Crippen molar-refractivity contribution in [2.24, 2.45) is 14.1 Å². The molecule has 0 radical (unpaired) electrons. The molecule has 0 spiro atoms. The molecule has 2 amide bonds. The average Bonchev–Trinajstić information content (AvgIpc) is 3.31. The van der Waals surface area contributed by atoms with E-state index in [0.29, 0.717) is 5.76 Å². The van der Waals surface area contributed by atoms with Crippen molar-refractivity contribution < 1.29 is 14.0 Å². The lowest BCUT2D eigenvalue weighted by Gasteiger charge is -2.17. The summed E-state index contributed by atoms with van der Waals surface area (Å²) in [6, 6.07) is 3.42. The Balaban J connectivity index is 1.75. The van der Waals surface area contributed by atoms with Gasteiger partial charge in [-0.3, -0.25) is 28.1 Å². The number of halogens is 1. The fraction of sp³-hybridized carbons (Fsp3) is 0.353. The fourth-order valence-electron chi connectivity index (χ4n) is 2.78. The zero-order valence-electron chi connectivity index (χ0n) is 16.0. The minimum atomic E-state index is -0.617. The Morgan fingerprint density at radius 3 is 2.66 bits per heavy atom. The van der Waals surface area contributed by atoms with E-state index < -0.39 is 17.2 Å². The van der Waals surface area contributed by atoms with Gasteiger partial charge in [-0.05, 0) is 23.7 Å². The van der Waals surface area contributed by atoms with Crippen LogP contribution < -0.4 is 16.6 Å². The second-order valence-corrected chi connectivity index (χ2v) is 6.79. The molecule has 0 aliphatic heterocycles. The van der Waals surface area contributed by atoms with Crippen molar-refractivity contribution in [1.29, 1.82) is 0 Å². The van der Waals surface area contributed by atoms with Crippen molar-refractivity contribution in [3.8, 4) is 0 Å². The molecule has 0 fully saturated rings. The van der Waals surface area contributed by atoms with Crippen LogP contribution in [0.15, 0.2) is 32.4 Å². The molecule has 0 bridgehead atoms. The van der Waals surface area contributed by atoms with Gasteiger partial charge in [-0.2, -0.15) is 4.98 Å². The number of hydrogen-bond acceptors (Lipinski definition) is 6. The summed E-state index contributed by atoms with van der Waals surface area (Å²) in [7, 11) is 4.23. The molecule has 0 saturated carbocycles. The van der Waals surface area contributed by atoms with Gasteiger partial charge in [0.25, 0.3) is 5.56 Å². The molecule has 0 saturated heterocycles. The maximum absolute atomic E-state index is 12.6. The summed E-state index contributed by atoms with van der Waals surface area (Å²) in [6.07, 6.45) is 1.50. The van der Waals surface area contributed by atoms with E-state index in [4.69, 9.17) is 16.0 Å². The smallest absolute Gasteiger partial charge is 0.332 e. The third-order valence-electron chi connectivity index (χ3n) is 4.44. The number of aryl methyl sites for hydroxylation is 1. The highest BCUT2D eigenvalue weighted by atomic mass is 35.5. The van der Waals surface area contributed by atoms with Crippen LogP contribution in [0.4, 0.5) is 0 Å². The van der Waals surface area contributed by atoms with Gasteiger partial charge in [0.1, 0.15) is 12.3 Å². The molecule has 11 nitrogen and oxygen atoms in total. The van der Waals surface area contributed by atoms with Gasteiger partial charge in [-0.1, -0.05) is 0 Å². The highest BCUT2D eigenvalue weighted by molar-refractivity contribution is 6.29. The molecular formula is C17H19ClN6O5. The van der Waals surface area contributed by atoms with E-state index >= 15 is 0 Å². The average molecular weight is 423 g/mol. The number of imidazole rings is 1. The Morgan fingerprint density at radius 1 is 1.28 bits per heavy atom. The lowest BCUT2D eigenvalue weighted by molar-refractivity contribution is -0.135. The number of furan rings is 1. The highest BCUT2D eigenvalue weighted by Crippen LogP contribution is 2.15. The third-order valence-corrected chi connectivity index (χ3v) is 4.73. The van der Waals surface area contributed by atoms with Crippen molar-refractivity contribution in [2.75, 3.05) is 13.6 Å². The van der Waals surface area contributed by atoms with Crippen molar-refractivity contribution in [3.63, 3.8) is 0 Å². The van der Waals surface area contributed by atoms with Gasteiger partial charge in [0.15, 0.2) is 11.2 Å². The molecule has 0 atom stereocenters. The summed E-state index contributed by atoms with van der Waals surface area (Å²) >= 11 is 6.11. The number of nitrogens with one attached hydrogen (secondary N) is 1. The van der Waals surface area contributed by atoms with Crippen LogP contribution in [-0.2, 0) is 36.8 Å². The van der Waals surface area contributed by atoms with Gasteiger partial charge in [-0.15, -0.1) is 0 Å². The standard InChI is InChI=1S/C17H19ClN6O5/c1-21(8-11(25)19-7-10-5-4-6-29-10)12(26)9-24-13-14(20-16(24)18)22(2)17(28)23(3)15(13)27/h4-6H,7-9H2,1-3H3,(H,19,25). The Morgan fingerprint density at radius 2 is 2.00 bits per heavy atom. The lowest BCUT2D eigenvalue weighted by Crippen LogP contribution is -2.40. The van der Waals surface area contributed by atoms with Gasteiger partial charge in [0, 0.05) is 21.1 Å². The normalized spacial score (nSPS) is 11.0. The number of likely N-dealkylation sites (N-methyl/N-ethyl adjacent to an activating group) is 1. The third kappa shape index (κ3) is 3.94. The van der Waals surface area contributed by atoms with Crippen LogP contribution in [0.1, 0.15) is 5.76 Å². The first-order valence-corrected chi connectivity index (χ1v) is 8.93. The number of carbonyl (C=O) groups is 2. The topological polar surface area (TPSA) is 124 Å². The molecule has 12 heteroatoms. The first kappa shape index (κ1) is 20.4. The number of rotatable bonds is 6. The fourth-order valence-corrected chi connectivity index (χ4v) is 3.00. The number of nitrogens with zero attached hydrogens (tertiary/aromatic N) is 5. The monoisotopic (exact) mass is 422 g/mol. The van der Waals surface area contributed by atoms with Crippen LogP contribution in [0, 0.1) is 0 Å². The summed E-state index contributed by atoms with van der Waals surface area (Å²) in [4.78, 5) is 54.3. The van der Waals surface area contributed by atoms with Crippen LogP contribution in [0.5, 0.6) is 0 Å². The minimum absolute atomic E-state index is 0.0311. The van der Waals surface area contributed by atoms with Gasteiger partial charge in [-0.25, -0.2) is 4.79 Å². The molecule has 0 aromatic carbocycles. The van der Waals surface area contributed by atoms with E-state index in [1.54, 1.807) is 12.1 Å². The van der Waals surface area contributed by atoms with Gasteiger partial charge < -0.3 is 14.6 Å². The van der Waals surface area contributed by atoms with E-state index in [2.05, 4.69) is 10.3 Å². The van der Waals surface area contributed by atoms with E-state index in [1.807, 2.05) is 0 Å². The molecule has 3 heterocycles. The van der Waals surface area contributed by atoms with E-state index in [1.165, 1.54) is 41.4 Å². The summed E-state index contributed by atoms with van der Waals surface area (Å²) in [5.41, 5.74) is -1.06. The number of aromatic nitrogens is 4. The number of carbonyl (C=O) groups excluding carboxylic acids is 2. The quantitative estimate of drug-likeness (QED) is 0.532. The summed E-state index contributed by atoms with van der Waals surface area (Å²) in [5, 5.41) is 2.53. The molecule has 154 valence electrons. The number of hydrogen-bond donors (Lipinski definition) is 1.